The van der Waals surface area contributed by atoms with Crippen LogP contribution in [0.15, 0.2) is 6.33 Å². The van der Waals surface area contributed by atoms with Gasteiger partial charge in [-0.05, 0) is 0 Å². The van der Waals surface area contributed by atoms with Crippen LogP contribution in [0.2, 0.25) is 0 Å². The monoisotopic (exact) mass is 244 g/mol. The number of aliphatic hydroxyl groups is 3. The number of aliphatic hydroxyl groups excluding tert-OH is 3. The third kappa shape index (κ3) is 1.89. The van der Waals surface area contributed by atoms with Crippen molar-refractivity contribution in [2.75, 3.05) is 6.61 Å². The molecule has 0 aliphatic carbocycles. The van der Waals surface area contributed by atoms with E-state index in [2.05, 4.69) is 10.1 Å². The fourth-order valence-corrected chi connectivity index (χ4v) is 1.69. The third-order valence-electron chi connectivity index (χ3n) is 2.55. The van der Waals surface area contributed by atoms with Gasteiger partial charge in [0.25, 0.3) is 5.91 Å². The van der Waals surface area contributed by atoms with Crippen molar-refractivity contribution in [1.29, 1.82) is 0 Å². The number of nitrogens with two attached hydrogens (primary N) is 1. The summed E-state index contributed by atoms with van der Waals surface area (Å²) in [6.07, 6.45) is -3.57. The molecule has 5 N–H and O–H groups in total. The average Bonchev–Trinajstić information content (AvgIpc) is 2.86. The molecular formula is C8H12N4O5. The van der Waals surface area contributed by atoms with Crippen molar-refractivity contribution >= 4 is 5.91 Å². The predicted octanol–water partition coefficient (Wildman–Crippen LogP) is -3.01. The number of ether oxygens (including phenoxy) is 1. The Balaban J connectivity index is 2.29. The summed E-state index contributed by atoms with van der Waals surface area (Å²) in [5.41, 5.74) is 5.06. The molecule has 0 radical (unpaired) electrons. The lowest BCUT2D eigenvalue weighted by molar-refractivity contribution is -0.0595. The standard InChI is InChI=1S/C8H12N4O5/c9-6(16)7-10-2-11-12(7)8-5(15)4(14)3(1-13)17-8/h2-5,8,13-15H,1H2,(H2,9,16)/t3-,4+,5-,8-/m0/s1. The van der Waals surface area contributed by atoms with Crippen molar-refractivity contribution < 1.29 is 24.9 Å². The first kappa shape index (κ1) is 11.9. The highest BCUT2D eigenvalue weighted by molar-refractivity contribution is 5.88. The van der Waals surface area contributed by atoms with Gasteiger partial charge in [0.1, 0.15) is 24.6 Å². The summed E-state index contributed by atoms with van der Waals surface area (Å²) < 4.78 is 6.15. The van der Waals surface area contributed by atoms with E-state index in [1.165, 1.54) is 0 Å². The van der Waals surface area contributed by atoms with E-state index in [-0.39, 0.29) is 5.82 Å². The molecule has 1 aliphatic rings. The van der Waals surface area contributed by atoms with Gasteiger partial charge >= 0.3 is 0 Å². The molecule has 94 valence electrons. The van der Waals surface area contributed by atoms with Crippen LogP contribution in [-0.4, -0.2) is 60.9 Å². The van der Waals surface area contributed by atoms with Crippen molar-refractivity contribution in [2.24, 2.45) is 5.73 Å². The lowest BCUT2D eigenvalue weighted by Crippen LogP contribution is -2.34. The zero-order valence-electron chi connectivity index (χ0n) is 8.67. The van der Waals surface area contributed by atoms with E-state index in [9.17, 15) is 15.0 Å². The highest BCUT2D eigenvalue weighted by Crippen LogP contribution is 2.29. The van der Waals surface area contributed by atoms with Crippen LogP contribution in [0.5, 0.6) is 0 Å². The Labute approximate surface area is 95.4 Å². The topological polar surface area (TPSA) is 144 Å². The van der Waals surface area contributed by atoms with E-state index in [1.807, 2.05) is 0 Å². The maximum absolute atomic E-state index is 11.0. The minimum atomic E-state index is -1.33. The molecule has 1 aromatic heterocycles. The Hall–Kier alpha value is -1.55. The molecule has 0 saturated carbocycles. The largest absolute Gasteiger partial charge is 0.394 e. The number of primary amides is 1. The number of amides is 1. The first-order chi connectivity index (χ1) is 8.06. The summed E-state index contributed by atoms with van der Waals surface area (Å²) in [4.78, 5) is 14.6. The molecule has 4 atom stereocenters. The van der Waals surface area contributed by atoms with Crippen LogP contribution in [0.25, 0.3) is 0 Å². The minimum Gasteiger partial charge on any atom is -0.394 e. The normalized spacial score (nSPS) is 32.9. The number of hydrogen-bond donors (Lipinski definition) is 4. The molecule has 1 amide bonds. The van der Waals surface area contributed by atoms with Gasteiger partial charge in [0.05, 0.1) is 6.61 Å². The maximum atomic E-state index is 11.0. The van der Waals surface area contributed by atoms with Crippen LogP contribution in [0.1, 0.15) is 16.8 Å². The van der Waals surface area contributed by atoms with Crippen LogP contribution in [0.3, 0.4) is 0 Å². The molecule has 0 bridgehead atoms. The van der Waals surface area contributed by atoms with Gasteiger partial charge in [0, 0.05) is 0 Å². The zero-order valence-corrected chi connectivity index (χ0v) is 8.67. The first-order valence-corrected chi connectivity index (χ1v) is 4.88. The van der Waals surface area contributed by atoms with Crippen LogP contribution in [0, 0.1) is 0 Å². The van der Waals surface area contributed by atoms with E-state index in [1.54, 1.807) is 0 Å². The smallest absolute Gasteiger partial charge is 0.286 e. The highest BCUT2D eigenvalue weighted by atomic mass is 16.6. The summed E-state index contributed by atoms with van der Waals surface area (Å²) in [5, 5.41) is 31.9. The number of aromatic nitrogens is 3. The van der Waals surface area contributed by atoms with Gasteiger partial charge < -0.3 is 25.8 Å². The molecule has 1 fully saturated rings. The van der Waals surface area contributed by atoms with Gasteiger partial charge in [-0.2, -0.15) is 5.10 Å². The van der Waals surface area contributed by atoms with E-state index in [4.69, 9.17) is 15.6 Å². The van der Waals surface area contributed by atoms with Crippen molar-refractivity contribution in [3.63, 3.8) is 0 Å². The second-order valence-electron chi connectivity index (χ2n) is 3.62. The molecule has 9 nitrogen and oxygen atoms in total. The first-order valence-electron chi connectivity index (χ1n) is 4.88. The molecular weight excluding hydrogens is 232 g/mol. The second kappa shape index (κ2) is 4.37. The zero-order chi connectivity index (χ0) is 12.6. The SMILES string of the molecule is NC(=O)c1ncnn1[C@H]1O[C@@H](CO)[C@@H](O)[C@@H]1O. The van der Waals surface area contributed by atoms with E-state index in [0.29, 0.717) is 0 Å². The number of carbonyl (C=O) groups excluding carboxylic acids is 1. The second-order valence-corrected chi connectivity index (χ2v) is 3.62. The van der Waals surface area contributed by atoms with Crippen LogP contribution < -0.4 is 5.73 Å². The fourth-order valence-electron chi connectivity index (χ4n) is 1.69. The van der Waals surface area contributed by atoms with Gasteiger partial charge in [-0.3, -0.25) is 4.79 Å². The minimum absolute atomic E-state index is 0.195. The Morgan fingerprint density at radius 3 is 2.76 bits per heavy atom. The molecule has 1 aliphatic heterocycles. The molecule has 9 heteroatoms. The van der Waals surface area contributed by atoms with Crippen molar-refractivity contribution in [3.05, 3.63) is 12.2 Å². The van der Waals surface area contributed by atoms with Crippen molar-refractivity contribution in [3.8, 4) is 0 Å². The summed E-state index contributed by atoms with van der Waals surface area (Å²) >= 11 is 0. The third-order valence-corrected chi connectivity index (χ3v) is 2.55. The number of carbonyl (C=O) groups is 1. The number of nitrogens with zero attached hydrogens (tertiary/aromatic N) is 3. The van der Waals surface area contributed by atoms with Crippen molar-refractivity contribution in [1.82, 2.24) is 14.8 Å². The Morgan fingerprint density at radius 2 is 2.24 bits per heavy atom. The van der Waals surface area contributed by atoms with Gasteiger partial charge in [-0.25, -0.2) is 9.67 Å². The van der Waals surface area contributed by atoms with Gasteiger partial charge in [0.2, 0.25) is 5.82 Å². The summed E-state index contributed by atoms with van der Waals surface area (Å²) in [7, 11) is 0. The molecule has 0 aromatic carbocycles. The van der Waals surface area contributed by atoms with Crippen LogP contribution >= 0.6 is 0 Å². The molecule has 0 spiro atoms. The summed E-state index contributed by atoms with van der Waals surface area (Å²) in [6, 6.07) is 0. The highest BCUT2D eigenvalue weighted by Gasteiger charge is 2.44. The number of rotatable bonds is 3. The van der Waals surface area contributed by atoms with E-state index >= 15 is 0 Å². The molecule has 1 aromatic rings. The molecule has 1 saturated heterocycles. The van der Waals surface area contributed by atoms with Crippen LogP contribution in [0.4, 0.5) is 0 Å². The molecule has 17 heavy (non-hydrogen) atoms. The van der Waals surface area contributed by atoms with Gasteiger partial charge in [-0.1, -0.05) is 0 Å². The Bertz CT molecular complexity index is 422. The average molecular weight is 244 g/mol. The Kier molecular flexibility index (Phi) is 3.07. The number of hydrogen-bond acceptors (Lipinski definition) is 7. The van der Waals surface area contributed by atoms with Crippen molar-refractivity contribution in [2.45, 2.75) is 24.5 Å². The van der Waals surface area contributed by atoms with Gasteiger partial charge in [0.15, 0.2) is 6.23 Å². The predicted molar refractivity (Wildman–Crippen MR) is 51.5 cm³/mol. The van der Waals surface area contributed by atoms with Crippen LogP contribution in [-0.2, 0) is 4.74 Å². The lowest BCUT2D eigenvalue weighted by Gasteiger charge is -2.15. The van der Waals surface area contributed by atoms with Gasteiger partial charge in [-0.15, -0.1) is 0 Å². The van der Waals surface area contributed by atoms with E-state index in [0.717, 1.165) is 11.0 Å². The molecule has 0 unspecified atom stereocenters. The van der Waals surface area contributed by atoms with E-state index < -0.39 is 37.1 Å². The fraction of sp³-hybridized carbons (Fsp3) is 0.625. The quantitative estimate of drug-likeness (QED) is 0.443. The summed E-state index contributed by atoms with van der Waals surface area (Å²) in [6.45, 7) is -0.463. The maximum Gasteiger partial charge on any atom is 0.286 e. The molecule has 2 heterocycles. The Morgan fingerprint density at radius 1 is 1.53 bits per heavy atom. The molecule has 2 rings (SSSR count). The summed E-state index contributed by atoms with van der Waals surface area (Å²) in [5.74, 6) is -1.03. The lowest BCUT2D eigenvalue weighted by atomic mass is 10.1.